The summed E-state index contributed by atoms with van der Waals surface area (Å²) >= 11 is 0. The second kappa shape index (κ2) is 3.09. The van der Waals surface area contributed by atoms with Gasteiger partial charge in [-0.3, -0.25) is 0 Å². The molecule has 1 atom stereocenters. The molecule has 1 N–H and O–H groups in total. The molecule has 1 spiro atoms. The van der Waals surface area contributed by atoms with Crippen LogP contribution in [0.1, 0.15) is 43.7 Å². The Morgan fingerprint density at radius 1 is 1.07 bits per heavy atom. The molecule has 1 heterocycles. The van der Waals surface area contributed by atoms with Gasteiger partial charge in [-0.05, 0) is 37.7 Å². The van der Waals surface area contributed by atoms with E-state index in [9.17, 15) is 0 Å². The van der Waals surface area contributed by atoms with Crippen LogP contribution >= 0.6 is 0 Å². The molecule has 1 aromatic rings. The van der Waals surface area contributed by atoms with E-state index in [-0.39, 0.29) is 0 Å². The lowest BCUT2D eigenvalue weighted by molar-refractivity contribution is 0.309. The van der Waals surface area contributed by atoms with Crippen LogP contribution in [0.4, 0.5) is 0 Å². The second-order valence-electron chi connectivity index (χ2n) is 4.78. The van der Waals surface area contributed by atoms with Crippen LogP contribution < -0.4 is 5.32 Å². The standard InChI is InChI=1S/C13H17N/c1-2-5-11(6-3-1)12-7-4-8-13(14-12)9-10-13/h1-3,5-6,12,14H,4,7-10H2. The first kappa shape index (κ1) is 8.49. The number of hydrogen-bond acceptors (Lipinski definition) is 1. The van der Waals surface area contributed by atoms with E-state index in [1.54, 1.807) is 0 Å². The lowest BCUT2D eigenvalue weighted by Gasteiger charge is -2.31. The topological polar surface area (TPSA) is 12.0 Å². The summed E-state index contributed by atoms with van der Waals surface area (Å²) in [4.78, 5) is 0. The van der Waals surface area contributed by atoms with Crippen LogP contribution in [0.2, 0.25) is 0 Å². The van der Waals surface area contributed by atoms with Gasteiger partial charge in [0.25, 0.3) is 0 Å². The van der Waals surface area contributed by atoms with E-state index in [1.165, 1.54) is 37.7 Å². The van der Waals surface area contributed by atoms with Gasteiger partial charge in [0.15, 0.2) is 0 Å². The van der Waals surface area contributed by atoms with Crippen molar-refractivity contribution in [3.05, 3.63) is 35.9 Å². The van der Waals surface area contributed by atoms with Gasteiger partial charge in [-0.1, -0.05) is 30.3 Å². The summed E-state index contributed by atoms with van der Waals surface area (Å²) in [5.41, 5.74) is 2.03. The summed E-state index contributed by atoms with van der Waals surface area (Å²) < 4.78 is 0. The van der Waals surface area contributed by atoms with Crippen LogP contribution in [0, 0.1) is 0 Å². The Morgan fingerprint density at radius 2 is 1.86 bits per heavy atom. The molecule has 2 fully saturated rings. The van der Waals surface area contributed by atoms with Gasteiger partial charge in [0.2, 0.25) is 0 Å². The quantitative estimate of drug-likeness (QED) is 0.712. The van der Waals surface area contributed by atoms with Crippen molar-refractivity contribution in [3.8, 4) is 0 Å². The highest BCUT2D eigenvalue weighted by molar-refractivity contribution is 5.21. The molecule has 1 aliphatic carbocycles. The molecule has 14 heavy (non-hydrogen) atoms. The Bertz CT molecular complexity index is 313. The highest BCUT2D eigenvalue weighted by atomic mass is 15.1. The van der Waals surface area contributed by atoms with Gasteiger partial charge in [-0.2, -0.15) is 0 Å². The molecule has 1 nitrogen and oxygen atoms in total. The molecule has 74 valence electrons. The first-order valence-corrected chi connectivity index (χ1v) is 5.71. The van der Waals surface area contributed by atoms with Gasteiger partial charge >= 0.3 is 0 Å². The molecule has 1 saturated carbocycles. The summed E-state index contributed by atoms with van der Waals surface area (Å²) in [7, 11) is 0. The molecule has 0 bridgehead atoms. The van der Waals surface area contributed by atoms with Crippen LogP contribution in [0.15, 0.2) is 30.3 Å². The van der Waals surface area contributed by atoms with Crippen LogP contribution in [0.3, 0.4) is 0 Å². The highest BCUT2D eigenvalue weighted by Gasteiger charge is 2.45. The van der Waals surface area contributed by atoms with Crippen molar-refractivity contribution in [1.82, 2.24) is 5.32 Å². The van der Waals surface area contributed by atoms with E-state index in [0.717, 1.165) is 0 Å². The zero-order chi connectivity index (χ0) is 9.43. The van der Waals surface area contributed by atoms with Gasteiger partial charge in [-0.15, -0.1) is 0 Å². The minimum Gasteiger partial charge on any atom is -0.304 e. The van der Waals surface area contributed by atoms with Crippen molar-refractivity contribution in [1.29, 1.82) is 0 Å². The molecule has 3 rings (SSSR count). The van der Waals surface area contributed by atoms with E-state index >= 15 is 0 Å². The Balaban J connectivity index is 1.79. The molecular formula is C13H17N. The maximum absolute atomic E-state index is 3.82. The maximum atomic E-state index is 3.82. The van der Waals surface area contributed by atoms with E-state index in [2.05, 4.69) is 35.6 Å². The fourth-order valence-electron chi connectivity index (χ4n) is 2.64. The molecule has 1 aliphatic heterocycles. The lowest BCUT2D eigenvalue weighted by Crippen LogP contribution is -2.38. The number of nitrogens with one attached hydrogen (secondary N) is 1. The minimum atomic E-state index is 0.554. The maximum Gasteiger partial charge on any atom is 0.0325 e. The van der Waals surface area contributed by atoms with Crippen molar-refractivity contribution in [2.24, 2.45) is 0 Å². The molecule has 0 aromatic heterocycles. The van der Waals surface area contributed by atoms with Crippen molar-refractivity contribution in [2.75, 3.05) is 0 Å². The third-order valence-electron chi connectivity index (χ3n) is 3.68. The molecular weight excluding hydrogens is 170 g/mol. The van der Waals surface area contributed by atoms with E-state index in [1.807, 2.05) is 0 Å². The van der Waals surface area contributed by atoms with Gasteiger partial charge < -0.3 is 5.32 Å². The summed E-state index contributed by atoms with van der Waals surface area (Å²) in [6.07, 6.45) is 6.90. The Morgan fingerprint density at radius 3 is 2.57 bits per heavy atom. The molecule has 1 saturated heterocycles. The van der Waals surface area contributed by atoms with E-state index in [4.69, 9.17) is 0 Å². The van der Waals surface area contributed by atoms with Crippen LogP contribution in [-0.4, -0.2) is 5.54 Å². The Hall–Kier alpha value is -0.820. The normalized spacial score (nSPS) is 29.0. The fraction of sp³-hybridized carbons (Fsp3) is 0.538. The number of hydrogen-bond donors (Lipinski definition) is 1. The van der Waals surface area contributed by atoms with Crippen molar-refractivity contribution < 1.29 is 0 Å². The first-order valence-electron chi connectivity index (χ1n) is 5.71. The zero-order valence-corrected chi connectivity index (χ0v) is 8.50. The largest absolute Gasteiger partial charge is 0.304 e. The SMILES string of the molecule is c1ccc(C2CCCC3(CC3)N2)cc1. The summed E-state index contributed by atoms with van der Waals surface area (Å²) in [5.74, 6) is 0. The van der Waals surface area contributed by atoms with Gasteiger partial charge in [0, 0.05) is 11.6 Å². The van der Waals surface area contributed by atoms with Crippen molar-refractivity contribution in [2.45, 2.75) is 43.7 Å². The third-order valence-corrected chi connectivity index (χ3v) is 3.68. The highest BCUT2D eigenvalue weighted by Crippen LogP contribution is 2.46. The molecule has 0 radical (unpaired) electrons. The average Bonchev–Trinajstić information content (AvgIpc) is 2.99. The molecule has 1 heteroatoms. The summed E-state index contributed by atoms with van der Waals surface area (Å²) in [6.45, 7) is 0. The molecule has 1 unspecified atom stereocenters. The van der Waals surface area contributed by atoms with Gasteiger partial charge in [0.1, 0.15) is 0 Å². The van der Waals surface area contributed by atoms with Crippen molar-refractivity contribution in [3.63, 3.8) is 0 Å². The predicted molar refractivity (Wildman–Crippen MR) is 58.1 cm³/mol. The first-order chi connectivity index (χ1) is 6.88. The smallest absolute Gasteiger partial charge is 0.0325 e. The molecule has 0 amide bonds. The minimum absolute atomic E-state index is 0.554. The third kappa shape index (κ3) is 1.46. The monoisotopic (exact) mass is 187 g/mol. The molecule has 2 aliphatic rings. The van der Waals surface area contributed by atoms with Crippen molar-refractivity contribution >= 4 is 0 Å². The summed E-state index contributed by atoms with van der Waals surface area (Å²) in [5, 5.41) is 3.82. The average molecular weight is 187 g/mol. The summed E-state index contributed by atoms with van der Waals surface area (Å²) in [6, 6.07) is 11.5. The van der Waals surface area contributed by atoms with E-state index < -0.39 is 0 Å². The van der Waals surface area contributed by atoms with Crippen LogP contribution in [0.25, 0.3) is 0 Å². The fourth-order valence-corrected chi connectivity index (χ4v) is 2.64. The second-order valence-corrected chi connectivity index (χ2v) is 4.78. The number of benzene rings is 1. The van der Waals surface area contributed by atoms with Gasteiger partial charge in [0.05, 0.1) is 0 Å². The Kier molecular flexibility index (Phi) is 1.88. The molecule has 1 aromatic carbocycles. The number of piperidine rings is 1. The zero-order valence-electron chi connectivity index (χ0n) is 8.50. The lowest BCUT2D eigenvalue weighted by atomic mass is 9.92. The van der Waals surface area contributed by atoms with Crippen LogP contribution in [0.5, 0.6) is 0 Å². The number of rotatable bonds is 1. The predicted octanol–water partition coefficient (Wildman–Crippen LogP) is 3.03. The Labute approximate surface area is 85.5 Å². The van der Waals surface area contributed by atoms with Crippen LogP contribution in [-0.2, 0) is 0 Å². The van der Waals surface area contributed by atoms with E-state index in [0.29, 0.717) is 11.6 Å². The van der Waals surface area contributed by atoms with Gasteiger partial charge in [-0.25, -0.2) is 0 Å².